The molecule has 5 nitrogen and oxygen atoms in total. The molecule has 0 unspecified atom stereocenters. The average Bonchev–Trinajstić information content (AvgIpc) is 3.14. The largest absolute Gasteiger partial charge is 0.441 e. The molecule has 0 aliphatic carbocycles. The van der Waals surface area contributed by atoms with E-state index in [2.05, 4.69) is 26.1 Å². The fraction of sp³-hybridized carbons (Fsp3) is 0.333. The Kier molecular flexibility index (Phi) is 7.10. The van der Waals surface area contributed by atoms with Crippen LogP contribution in [0.4, 0.5) is 0 Å². The highest BCUT2D eigenvalue weighted by Crippen LogP contribution is 2.26. The lowest BCUT2D eigenvalue weighted by atomic mass is 9.95. The third-order valence-corrected chi connectivity index (χ3v) is 6.57. The number of benzene rings is 2. The number of amides is 1. The number of oxazole rings is 1. The fourth-order valence-electron chi connectivity index (χ4n) is 3.85. The third kappa shape index (κ3) is 5.56. The van der Waals surface area contributed by atoms with Gasteiger partial charge in [-0.1, -0.05) is 51.8 Å². The van der Waals surface area contributed by atoms with Gasteiger partial charge >= 0.3 is 0 Å². The van der Waals surface area contributed by atoms with Crippen molar-refractivity contribution < 1.29 is 9.21 Å². The Balaban J connectivity index is 1.29. The summed E-state index contributed by atoms with van der Waals surface area (Å²) in [4.78, 5) is 19.6. The first-order chi connectivity index (χ1) is 15.0. The summed E-state index contributed by atoms with van der Waals surface area (Å²) in [6.45, 7) is 4.89. The number of halogens is 2. The van der Waals surface area contributed by atoms with Crippen molar-refractivity contribution in [1.29, 1.82) is 0 Å². The Bertz CT molecular complexity index is 1060. The van der Waals surface area contributed by atoms with Crippen molar-refractivity contribution in [1.82, 2.24) is 15.2 Å². The second-order valence-electron chi connectivity index (χ2n) is 7.89. The van der Waals surface area contributed by atoms with Crippen molar-refractivity contribution in [2.24, 2.45) is 5.92 Å². The van der Waals surface area contributed by atoms with E-state index in [1.165, 1.54) is 0 Å². The van der Waals surface area contributed by atoms with Gasteiger partial charge in [-0.3, -0.25) is 9.69 Å². The first-order valence-electron chi connectivity index (χ1n) is 10.5. The van der Waals surface area contributed by atoms with Crippen LogP contribution in [0.25, 0.3) is 11.5 Å². The monoisotopic (exact) mass is 501 g/mol. The predicted molar refractivity (Wildman–Crippen MR) is 126 cm³/mol. The van der Waals surface area contributed by atoms with Crippen LogP contribution in [-0.4, -0.2) is 28.9 Å². The lowest BCUT2D eigenvalue weighted by Crippen LogP contribution is -2.40. The smallest absolute Gasteiger partial charge is 0.226 e. The van der Waals surface area contributed by atoms with Crippen LogP contribution in [0.2, 0.25) is 5.02 Å². The second kappa shape index (κ2) is 9.98. The molecule has 1 aliphatic heterocycles. The quantitative estimate of drug-likeness (QED) is 0.477. The van der Waals surface area contributed by atoms with Gasteiger partial charge in [0.05, 0.1) is 5.69 Å². The van der Waals surface area contributed by atoms with Gasteiger partial charge in [0.2, 0.25) is 11.8 Å². The molecule has 1 aliphatic rings. The standard InChI is InChI=1S/C24H25BrClN3O2/c1-16-22(28-24(31-16)18-6-4-7-20(25)13-18)15-29-11-9-17(10-12-29)23(30)27-14-19-5-2-3-8-21(19)26/h2-8,13,17H,9-12,14-15H2,1H3,(H,27,30). The van der Waals surface area contributed by atoms with Crippen LogP contribution in [-0.2, 0) is 17.9 Å². The number of likely N-dealkylation sites (tertiary alicyclic amines) is 1. The van der Waals surface area contributed by atoms with Crippen LogP contribution in [0.15, 0.2) is 57.4 Å². The summed E-state index contributed by atoms with van der Waals surface area (Å²) in [5.74, 6) is 1.63. The van der Waals surface area contributed by atoms with Gasteiger partial charge in [0.15, 0.2) is 0 Å². The molecule has 1 amide bonds. The van der Waals surface area contributed by atoms with Gasteiger partial charge in [-0.15, -0.1) is 0 Å². The zero-order valence-corrected chi connectivity index (χ0v) is 19.7. The summed E-state index contributed by atoms with van der Waals surface area (Å²) in [7, 11) is 0. The number of carbonyl (C=O) groups excluding carboxylic acids is 1. The third-order valence-electron chi connectivity index (χ3n) is 5.71. The Hall–Kier alpha value is -2.15. The van der Waals surface area contributed by atoms with Crippen molar-refractivity contribution >= 4 is 33.4 Å². The summed E-state index contributed by atoms with van der Waals surface area (Å²) < 4.78 is 6.90. The Morgan fingerprint density at radius 2 is 2.00 bits per heavy atom. The van der Waals surface area contributed by atoms with Crippen LogP contribution in [0.1, 0.15) is 29.9 Å². The molecular weight excluding hydrogens is 478 g/mol. The number of carbonyl (C=O) groups is 1. The van der Waals surface area contributed by atoms with E-state index in [1.54, 1.807) is 0 Å². The molecule has 0 saturated carbocycles. The van der Waals surface area contributed by atoms with Crippen molar-refractivity contribution in [3.63, 3.8) is 0 Å². The first kappa shape index (κ1) is 22.1. The lowest BCUT2D eigenvalue weighted by molar-refractivity contribution is -0.126. The number of aromatic nitrogens is 1. The van der Waals surface area contributed by atoms with Gasteiger partial charge in [-0.05, 0) is 62.7 Å². The summed E-state index contributed by atoms with van der Waals surface area (Å²) in [5.41, 5.74) is 2.85. The van der Waals surface area contributed by atoms with E-state index < -0.39 is 0 Å². The highest BCUT2D eigenvalue weighted by atomic mass is 79.9. The highest BCUT2D eigenvalue weighted by molar-refractivity contribution is 9.10. The second-order valence-corrected chi connectivity index (χ2v) is 9.21. The number of rotatable bonds is 6. The molecule has 0 spiro atoms. The summed E-state index contributed by atoms with van der Waals surface area (Å²) >= 11 is 9.67. The Morgan fingerprint density at radius 3 is 2.74 bits per heavy atom. The molecule has 3 aromatic rings. The number of aryl methyl sites for hydroxylation is 1. The Labute approximate surface area is 195 Å². The fourth-order valence-corrected chi connectivity index (χ4v) is 4.46. The molecule has 1 fully saturated rings. The number of piperidine rings is 1. The van der Waals surface area contributed by atoms with Crippen LogP contribution in [0, 0.1) is 12.8 Å². The highest BCUT2D eigenvalue weighted by Gasteiger charge is 2.26. The molecule has 1 aromatic heterocycles. The van der Waals surface area contributed by atoms with Gasteiger partial charge < -0.3 is 9.73 Å². The maximum atomic E-state index is 12.6. The van der Waals surface area contributed by atoms with E-state index in [0.29, 0.717) is 17.5 Å². The van der Waals surface area contributed by atoms with Crippen molar-refractivity contribution in [3.8, 4) is 11.5 Å². The molecular formula is C24H25BrClN3O2. The number of nitrogens with zero attached hydrogens (tertiary/aromatic N) is 2. The molecule has 162 valence electrons. The average molecular weight is 503 g/mol. The first-order valence-corrected chi connectivity index (χ1v) is 11.6. The van der Waals surface area contributed by atoms with E-state index in [-0.39, 0.29) is 11.8 Å². The maximum absolute atomic E-state index is 12.6. The van der Waals surface area contributed by atoms with E-state index >= 15 is 0 Å². The molecule has 0 atom stereocenters. The van der Waals surface area contributed by atoms with Crippen molar-refractivity contribution in [3.05, 3.63) is 75.0 Å². The van der Waals surface area contributed by atoms with E-state index in [4.69, 9.17) is 21.0 Å². The molecule has 1 saturated heterocycles. The molecule has 31 heavy (non-hydrogen) atoms. The molecule has 7 heteroatoms. The van der Waals surface area contributed by atoms with Gasteiger partial charge in [0.1, 0.15) is 5.76 Å². The van der Waals surface area contributed by atoms with Gasteiger partial charge in [-0.2, -0.15) is 0 Å². The van der Waals surface area contributed by atoms with Crippen LogP contribution < -0.4 is 5.32 Å². The lowest BCUT2D eigenvalue weighted by Gasteiger charge is -2.30. The van der Waals surface area contributed by atoms with Crippen LogP contribution in [0.3, 0.4) is 0 Å². The van der Waals surface area contributed by atoms with E-state index in [9.17, 15) is 4.79 Å². The number of nitrogens with one attached hydrogen (secondary N) is 1. The molecule has 0 bridgehead atoms. The minimum absolute atomic E-state index is 0.0365. The molecule has 4 rings (SSSR count). The zero-order chi connectivity index (χ0) is 21.8. The van der Waals surface area contributed by atoms with Crippen molar-refractivity contribution in [2.75, 3.05) is 13.1 Å². The summed E-state index contributed by atoms with van der Waals surface area (Å²) in [6.07, 6.45) is 1.67. The number of hydrogen-bond acceptors (Lipinski definition) is 4. The van der Waals surface area contributed by atoms with Crippen molar-refractivity contribution in [2.45, 2.75) is 32.9 Å². The zero-order valence-electron chi connectivity index (χ0n) is 17.4. The summed E-state index contributed by atoms with van der Waals surface area (Å²) in [6, 6.07) is 15.5. The van der Waals surface area contributed by atoms with E-state index in [0.717, 1.165) is 59.5 Å². The molecule has 1 N–H and O–H groups in total. The minimum Gasteiger partial charge on any atom is -0.441 e. The Morgan fingerprint density at radius 1 is 1.23 bits per heavy atom. The van der Waals surface area contributed by atoms with Gasteiger partial charge in [0.25, 0.3) is 0 Å². The number of hydrogen-bond donors (Lipinski definition) is 1. The van der Waals surface area contributed by atoms with Gasteiger partial charge in [0, 0.05) is 34.1 Å². The maximum Gasteiger partial charge on any atom is 0.226 e. The molecule has 0 radical (unpaired) electrons. The SMILES string of the molecule is Cc1oc(-c2cccc(Br)c2)nc1CN1CCC(C(=O)NCc2ccccc2Cl)CC1. The van der Waals surface area contributed by atoms with E-state index in [1.807, 2.05) is 55.5 Å². The van der Waals surface area contributed by atoms with Gasteiger partial charge in [-0.25, -0.2) is 4.98 Å². The summed E-state index contributed by atoms with van der Waals surface area (Å²) in [5, 5.41) is 3.72. The molecule has 2 heterocycles. The predicted octanol–water partition coefficient (Wildman–Crippen LogP) is 5.59. The van der Waals surface area contributed by atoms with Crippen LogP contribution >= 0.6 is 27.5 Å². The van der Waals surface area contributed by atoms with Crippen LogP contribution in [0.5, 0.6) is 0 Å². The topological polar surface area (TPSA) is 58.4 Å². The minimum atomic E-state index is 0.0365. The molecule has 2 aromatic carbocycles. The normalized spacial score (nSPS) is 15.2.